The number of furan rings is 1. The molecule has 0 atom stereocenters. The number of hydrogen-bond donors (Lipinski definition) is 2. The van der Waals surface area contributed by atoms with Crippen LogP contribution in [0.2, 0.25) is 0 Å². The van der Waals surface area contributed by atoms with E-state index in [0.717, 1.165) is 10.5 Å². The first-order valence-corrected chi connectivity index (χ1v) is 6.96. The lowest BCUT2D eigenvalue weighted by molar-refractivity contribution is -0.119. The molecular formula is C14H14N2O3S. The van der Waals surface area contributed by atoms with Gasteiger partial charge in [-0.1, -0.05) is 18.2 Å². The lowest BCUT2D eigenvalue weighted by Crippen LogP contribution is -2.42. The number of benzene rings is 1. The van der Waals surface area contributed by atoms with Crippen LogP contribution in [0, 0.1) is 6.92 Å². The Labute approximate surface area is 120 Å². The molecule has 5 nitrogen and oxygen atoms in total. The van der Waals surface area contributed by atoms with Crippen LogP contribution in [0.4, 0.5) is 0 Å². The van der Waals surface area contributed by atoms with Gasteiger partial charge in [0.15, 0.2) is 5.76 Å². The van der Waals surface area contributed by atoms with E-state index in [4.69, 9.17) is 4.42 Å². The van der Waals surface area contributed by atoms with E-state index in [1.54, 1.807) is 6.07 Å². The highest BCUT2D eigenvalue weighted by Crippen LogP contribution is 2.21. The van der Waals surface area contributed by atoms with Gasteiger partial charge in [-0.15, -0.1) is 11.8 Å². The Morgan fingerprint density at radius 2 is 1.95 bits per heavy atom. The Balaban J connectivity index is 1.76. The zero-order valence-electron chi connectivity index (χ0n) is 10.9. The van der Waals surface area contributed by atoms with Crippen molar-refractivity contribution in [1.29, 1.82) is 0 Å². The van der Waals surface area contributed by atoms with Crippen LogP contribution in [-0.4, -0.2) is 17.6 Å². The molecule has 2 amide bonds. The Hall–Kier alpha value is -2.21. The number of hydrazine groups is 1. The molecule has 2 aromatic rings. The molecule has 0 bridgehead atoms. The summed E-state index contributed by atoms with van der Waals surface area (Å²) >= 11 is 1.42. The van der Waals surface area contributed by atoms with Gasteiger partial charge in [-0.3, -0.25) is 20.4 Å². The predicted octanol–water partition coefficient (Wildman–Crippen LogP) is 2.14. The van der Waals surface area contributed by atoms with Crippen molar-refractivity contribution >= 4 is 23.6 Å². The van der Waals surface area contributed by atoms with Crippen LogP contribution in [-0.2, 0) is 4.79 Å². The lowest BCUT2D eigenvalue weighted by atomic mass is 10.2. The molecule has 0 fully saturated rings. The van der Waals surface area contributed by atoms with Crippen molar-refractivity contribution in [3.05, 3.63) is 54.0 Å². The fourth-order valence-electron chi connectivity index (χ4n) is 1.49. The van der Waals surface area contributed by atoms with Crippen molar-refractivity contribution < 1.29 is 14.0 Å². The van der Waals surface area contributed by atoms with Gasteiger partial charge in [0, 0.05) is 4.90 Å². The number of amides is 2. The second kappa shape index (κ2) is 6.81. The first-order valence-electron chi connectivity index (χ1n) is 5.98. The Morgan fingerprint density at radius 3 is 2.65 bits per heavy atom. The summed E-state index contributed by atoms with van der Waals surface area (Å²) in [5.74, 6) is -0.386. The van der Waals surface area contributed by atoms with Crippen molar-refractivity contribution in [2.45, 2.75) is 11.8 Å². The standard InChI is InChI=1S/C14H14N2O3S/c1-10-5-2-3-7-12(10)20-9-13(17)15-16-14(18)11-6-4-8-19-11/h2-8H,9H2,1H3,(H,15,17)(H,16,18). The maximum atomic E-state index is 11.6. The maximum Gasteiger partial charge on any atom is 0.305 e. The highest BCUT2D eigenvalue weighted by Gasteiger charge is 2.10. The van der Waals surface area contributed by atoms with E-state index < -0.39 is 5.91 Å². The third kappa shape index (κ3) is 3.89. The van der Waals surface area contributed by atoms with E-state index in [-0.39, 0.29) is 17.4 Å². The second-order valence-electron chi connectivity index (χ2n) is 4.03. The van der Waals surface area contributed by atoms with Crippen molar-refractivity contribution in [3.63, 3.8) is 0 Å². The van der Waals surface area contributed by atoms with Crippen LogP contribution in [0.3, 0.4) is 0 Å². The van der Waals surface area contributed by atoms with Gasteiger partial charge in [0.1, 0.15) is 0 Å². The minimum Gasteiger partial charge on any atom is -0.459 e. The Kier molecular flexibility index (Phi) is 4.84. The molecule has 0 spiro atoms. The molecule has 20 heavy (non-hydrogen) atoms. The number of rotatable bonds is 4. The molecule has 0 radical (unpaired) electrons. The average Bonchev–Trinajstić information content (AvgIpc) is 2.98. The molecule has 1 aromatic carbocycles. The van der Waals surface area contributed by atoms with E-state index in [1.807, 2.05) is 31.2 Å². The molecule has 1 heterocycles. The normalized spacial score (nSPS) is 10.1. The lowest BCUT2D eigenvalue weighted by Gasteiger charge is -2.07. The number of carbonyl (C=O) groups is 2. The molecule has 2 rings (SSSR count). The first kappa shape index (κ1) is 14.2. The van der Waals surface area contributed by atoms with Crippen LogP contribution < -0.4 is 10.9 Å². The molecule has 0 aliphatic carbocycles. The molecule has 6 heteroatoms. The van der Waals surface area contributed by atoms with Gasteiger partial charge in [0.25, 0.3) is 0 Å². The van der Waals surface area contributed by atoms with Crippen LogP contribution in [0.15, 0.2) is 52.0 Å². The van der Waals surface area contributed by atoms with E-state index in [0.29, 0.717) is 0 Å². The minimum absolute atomic E-state index is 0.150. The van der Waals surface area contributed by atoms with Crippen LogP contribution in [0.25, 0.3) is 0 Å². The maximum absolute atomic E-state index is 11.6. The molecule has 0 aliphatic rings. The average molecular weight is 290 g/mol. The van der Waals surface area contributed by atoms with E-state index in [2.05, 4.69) is 10.9 Å². The van der Waals surface area contributed by atoms with Gasteiger partial charge in [-0.25, -0.2) is 0 Å². The van der Waals surface area contributed by atoms with Crippen molar-refractivity contribution in [3.8, 4) is 0 Å². The van der Waals surface area contributed by atoms with Gasteiger partial charge in [0.2, 0.25) is 5.91 Å². The van der Waals surface area contributed by atoms with Gasteiger partial charge in [-0.2, -0.15) is 0 Å². The number of aryl methyl sites for hydroxylation is 1. The Morgan fingerprint density at radius 1 is 1.15 bits per heavy atom. The van der Waals surface area contributed by atoms with Crippen LogP contribution >= 0.6 is 11.8 Å². The zero-order valence-corrected chi connectivity index (χ0v) is 11.7. The van der Waals surface area contributed by atoms with Gasteiger partial charge in [0.05, 0.1) is 12.0 Å². The highest BCUT2D eigenvalue weighted by molar-refractivity contribution is 8.00. The third-order valence-electron chi connectivity index (χ3n) is 2.51. The minimum atomic E-state index is -0.482. The highest BCUT2D eigenvalue weighted by atomic mass is 32.2. The third-order valence-corrected chi connectivity index (χ3v) is 3.69. The predicted molar refractivity (Wildman–Crippen MR) is 76.2 cm³/mol. The summed E-state index contributed by atoms with van der Waals surface area (Å²) < 4.78 is 4.90. The van der Waals surface area contributed by atoms with Gasteiger partial charge < -0.3 is 4.42 Å². The van der Waals surface area contributed by atoms with Crippen LogP contribution in [0.5, 0.6) is 0 Å². The summed E-state index contributed by atoms with van der Waals surface area (Å²) in [6.45, 7) is 1.99. The summed E-state index contributed by atoms with van der Waals surface area (Å²) in [5.41, 5.74) is 5.75. The summed E-state index contributed by atoms with van der Waals surface area (Å²) in [4.78, 5) is 24.2. The van der Waals surface area contributed by atoms with Crippen molar-refractivity contribution in [2.24, 2.45) is 0 Å². The fraction of sp³-hybridized carbons (Fsp3) is 0.143. The largest absolute Gasteiger partial charge is 0.459 e. The SMILES string of the molecule is Cc1ccccc1SCC(=O)NNC(=O)c1ccco1. The summed E-state index contributed by atoms with van der Waals surface area (Å²) in [7, 11) is 0. The van der Waals surface area contributed by atoms with Crippen molar-refractivity contribution in [2.75, 3.05) is 5.75 Å². The number of carbonyl (C=O) groups excluding carboxylic acids is 2. The first-order chi connectivity index (χ1) is 9.66. The molecule has 0 aliphatic heterocycles. The Bertz CT molecular complexity index is 596. The summed E-state index contributed by atoms with van der Waals surface area (Å²) in [5, 5.41) is 0. The van der Waals surface area contributed by atoms with Gasteiger partial charge in [-0.05, 0) is 30.7 Å². The molecule has 2 N–H and O–H groups in total. The number of hydrogen-bond acceptors (Lipinski definition) is 4. The van der Waals surface area contributed by atoms with E-state index in [1.165, 1.54) is 24.1 Å². The van der Waals surface area contributed by atoms with Crippen molar-refractivity contribution in [1.82, 2.24) is 10.9 Å². The zero-order chi connectivity index (χ0) is 14.4. The fourth-order valence-corrected chi connectivity index (χ4v) is 2.32. The smallest absolute Gasteiger partial charge is 0.305 e. The molecule has 104 valence electrons. The van der Waals surface area contributed by atoms with E-state index >= 15 is 0 Å². The topological polar surface area (TPSA) is 71.3 Å². The molecule has 0 saturated carbocycles. The molecule has 1 aromatic heterocycles. The quantitative estimate of drug-likeness (QED) is 0.668. The molecule has 0 saturated heterocycles. The summed E-state index contributed by atoms with van der Waals surface area (Å²) in [6.07, 6.45) is 1.39. The number of nitrogens with one attached hydrogen (secondary N) is 2. The molecular weight excluding hydrogens is 276 g/mol. The summed E-state index contributed by atoms with van der Waals surface area (Å²) in [6, 6.07) is 10.9. The molecule has 0 unspecified atom stereocenters. The van der Waals surface area contributed by atoms with E-state index in [9.17, 15) is 9.59 Å². The van der Waals surface area contributed by atoms with Gasteiger partial charge >= 0.3 is 5.91 Å². The second-order valence-corrected chi connectivity index (χ2v) is 5.05. The monoisotopic (exact) mass is 290 g/mol. The van der Waals surface area contributed by atoms with Crippen LogP contribution in [0.1, 0.15) is 16.1 Å². The number of thioether (sulfide) groups is 1.